The number of ether oxygens (including phenoxy) is 1. The highest BCUT2D eigenvalue weighted by atomic mass is 35.5. The molecule has 0 fully saturated rings. The normalized spacial score (nSPS) is 11.3. The highest BCUT2D eigenvalue weighted by Gasteiger charge is 2.16. The number of aryl methyl sites for hydroxylation is 2. The molecule has 2 aromatic carbocycles. The number of anilines is 1. The van der Waals surface area contributed by atoms with E-state index < -0.39 is 17.9 Å². The Kier molecular flexibility index (Phi) is 8.03. The van der Waals surface area contributed by atoms with Gasteiger partial charge in [0.2, 0.25) is 11.8 Å². The lowest BCUT2D eigenvalue weighted by Crippen LogP contribution is -2.47. The van der Waals surface area contributed by atoms with Crippen molar-refractivity contribution in [3.8, 4) is 5.75 Å². The fourth-order valence-corrected chi connectivity index (χ4v) is 2.46. The highest BCUT2D eigenvalue weighted by Crippen LogP contribution is 2.17. The number of halogens is 1. The van der Waals surface area contributed by atoms with Crippen molar-refractivity contribution in [1.82, 2.24) is 10.9 Å². The molecule has 0 aliphatic carbocycles. The zero-order valence-electron chi connectivity index (χ0n) is 16.5. The second-order valence-electron chi connectivity index (χ2n) is 6.60. The van der Waals surface area contributed by atoms with Gasteiger partial charge in [-0.1, -0.05) is 17.7 Å². The molecule has 1 atom stereocenters. The molecule has 154 valence electrons. The van der Waals surface area contributed by atoms with E-state index in [4.69, 9.17) is 16.3 Å². The van der Waals surface area contributed by atoms with Gasteiger partial charge in [-0.05, 0) is 68.3 Å². The number of amides is 3. The fraction of sp³-hybridized carbons (Fsp3) is 0.286. The van der Waals surface area contributed by atoms with E-state index in [-0.39, 0.29) is 18.7 Å². The van der Waals surface area contributed by atoms with Crippen LogP contribution in [0.5, 0.6) is 5.75 Å². The third-order valence-electron chi connectivity index (χ3n) is 4.19. The second-order valence-corrected chi connectivity index (χ2v) is 7.04. The molecular weight excluding hydrogens is 394 g/mol. The lowest BCUT2D eigenvalue weighted by atomic mass is 10.1. The van der Waals surface area contributed by atoms with Gasteiger partial charge >= 0.3 is 0 Å². The van der Waals surface area contributed by atoms with Gasteiger partial charge < -0.3 is 10.1 Å². The molecule has 0 spiro atoms. The van der Waals surface area contributed by atoms with E-state index in [1.165, 1.54) is 0 Å². The summed E-state index contributed by atoms with van der Waals surface area (Å²) in [5.74, 6) is -0.805. The van der Waals surface area contributed by atoms with Crippen molar-refractivity contribution in [1.29, 1.82) is 0 Å². The summed E-state index contributed by atoms with van der Waals surface area (Å²) in [6.07, 6.45) is -0.904. The Bertz CT molecular complexity index is 884. The number of nitrogens with one attached hydrogen (secondary N) is 3. The van der Waals surface area contributed by atoms with Gasteiger partial charge in [0.05, 0.1) is 0 Å². The predicted octanol–water partition coefficient (Wildman–Crippen LogP) is 3.29. The summed E-state index contributed by atoms with van der Waals surface area (Å²) in [4.78, 5) is 35.8. The van der Waals surface area contributed by atoms with Crippen LogP contribution in [0.15, 0.2) is 42.5 Å². The van der Waals surface area contributed by atoms with E-state index >= 15 is 0 Å². The van der Waals surface area contributed by atoms with Crippen LogP contribution in [0, 0.1) is 13.8 Å². The second kappa shape index (κ2) is 10.5. The van der Waals surface area contributed by atoms with Crippen molar-refractivity contribution in [3.05, 3.63) is 58.6 Å². The van der Waals surface area contributed by atoms with Crippen molar-refractivity contribution >= 4 is 35.0 Å². The molecule has 0 aliphatic rings. The lowest BCUT2D eigenvalue weighted by Gasteiger charge is -2.15. The van der Waals surface area contributed by atoms with Crippen molar-refractivity contribution in [2.45, 2.75) is 39.7 Å². The molecule has 2 rings (SSSR count). The molecule has 0 heterocycles. The SMILES string of the molecule is Cc1ccc(NC(=O)CCC(=O)NNC(=O)C(C)Oc2ccc(Cl)cc2)cc1C. The van der Waals surface area contributed by atoms with Crippen LogP contribution in [-0.4, -0.2) is 23.8 Å². The molecule has 7 nitrogen and oxygen atoms in total. The Balaban J connectivity index is 1.70. The Morgan fingerprint density at radius 1 is 0.931 bits per heavy atom. The van der Waals surface area contributed by atoms with E-state index in [1.807, 2.05) is 32.0 Å². The number of hydrazine groups is 1. The molecule has 1 unspecified atom stereocenters. The minimum atomic E-state index is -0.829. The van der Waals surface area contributed by atoms with Gasteiger partial charge in [0.15, 0.2) is 6.10 Å². The van der Waals surface area contributed by atoms with Crippen molar-refractivity contribution < 1.29 is 19.1 Å². The first-order chi connectivity index (χ1) is 13.7. The quantitative estimate of drug-likeness (QED) is 0.602. The van der Waals surface area contributed by atoms with E-state index in [2.05, 4.69) is 16.2 Å². The smallest absolute Gasteiger partial charge is 0.279 e. The number of hydrogen-bond acceptors (Lipinski definition) is 4. The fourth-order valence-electron chi connectivity index (χ4n) is 2.34. The molecule has 29 heavy (non-hydrogen) atoms. The average molecular weight is 418 g/mol. The van der Waals surface area contributed by atoms with Crippen molar-refractivity contribution in [2.24, 2.45) is 0 Å². The zero-order chi connectivity index (χ0) is 21.4. The van der Waals surface area contributed by atoms with Crippen LogP contribution in [0.25, 0.3) is 0 Å². The zero-order valence-corrected chi connectivity index (χ0v) is 17.3. The molecule has 2 aromatic rings. The van der Waals surface area contributed by atoms with Crippen LogP contribution in [0.3, 0.4) is 0 Å². The van der Waals surface area contributed by atoms with Gasteiger partial charge in [-0.3, -0.25) is 25.2 Å². The van der Waals surface area contributed by atoms with Crippen molar-refractivity contribution in [3.63, 3.8) is 0 Å². The third-order valence-corrected chi connectivity index (χ3v) is 4.44. The Labute approximate surface area is 174 Å². The van der Waals surface area contributed by atoms with E-state index in [0.717, 1.165) is 11.1 Å². The van der Waals surface area contributed by atoms with Crippen LogP contribution in [0.1, 0.15) is 30.9 Å². The maximum Gasteiger partial charge on any atom is 0.279 e. The molecule has 0 aromatic heterocycles. The molecule has 0 saturated heterocycles. The molecule has 3 amide bonds. The number of carbonyl (C=O) groups is 3. The van der Waals surface area contributed by atoms with Gasteiger partial charge in [-0.25, -0.2) is 0 Å². The summed E-state index contributed by atoms with van der Waals surface area (Å²) in [6.45, 7) is 5.49. The van der Waals surface area contributed by atoms with E-state index in [0.29, 0.717) is 16.5 Å². The van der Waals surface area contributed by atoms with Gasteiger partial charge in [-0.15, -0.1) is 0 Å². The van der Waals surface area contributed by atoms with Crippen LogP contribution in [-0.2, 0) is 14.4 Å². The first-order valence-corrected chi connectivity index (χ1v) is 9.50. The number of hydrogen-bond donors (Lipinski definition) is 3. The third kappa shape index (κ3) is 7.46. The summed E-state index contributed by atoms with van der Waals surface area (Å²) in [7, 11) is 0. The maximum absolute atomic E-state index is 12.0. The minimum Gasteiger partial charge on any atom is -0.481 e. The molecule has 8 heteroatoms. The lowest BCUT2D eigenvalue weighted by molar-refractivity contribution is -0.133. The minimum absolute atomic E-state index is 0.00848. The van der Waals surface area contributed by atoms with Crippen molar-refractivity contribution in [2.75, 3.05) is 5.32 Å². The standard InChI is InChI=1S/C21H24ClN3O4/c1-13-4-7-17(12-14(13)2)23-19(26)10-11-20(27)24-25-21(28)15(3)29-18-8-5-16(22)6-9-18/h4-9,12,15H,10-11H2,1-3H3,(H,23,26)(H,24,27)(H,25,28). The summed E-state index contributed by atoms with van der Waals surface area (Å²) in [5, 5.41) is 3.30. The summed E-state index contributed by atoms with van der Waals surface area (Å²) < 4.78 is 5.46. The van der Waals surface area contributed by atoms with Gasteiger partial charge in [0, 0.05) is 23.6 Å². The number of rotatable bonds is 7. The Hall–Kier alpha value is -3.06. The maximum atomic E-state index is 12.0. The molecule has 0 radical (unpaired) electrons. The molecular formula is C21H24ClN3O4. The number of benzene rings is 2. The largest absolute Gasteiger partial charge is 0.481 e. The molecule has 0 aliphatic heterocycles. The Morgan fingerprint density at radius 2 is 1.59 bits per heavy atom. The van der Waals surface area contributed by atoms with Crippen LogP contribution in [0.4, 0.5) is 5.69 Å². The molecule has 3 N–H and O–H groups in total. The van der Waals surface area contributed by atoms with Gasteiger partial charge in [-0.2, -0.15) is 0 Å². The molecule has 0 saturated carbocycles. The summed E-state index contributed by atoms with van der Waals surface area (Å²) in [6, 6.07) is 12.2. The van der Waals surface area contributed by atoms with Crippen LogP contribution in [0.2, 0.25) is 5.02 Å². The summed E-state index contributed by atoms with van der Waals surface area (Å²) >= 11 is 5.79. The first-order valence-electron chi connectivity index (χ1n) is 9.12. The van der Waals surface area contributed by atoms with E-state index in [9.17, 15) is 14.4 Å². The monoisotopic (exact) mass is 417 g/mol. The Morgan fingerprint density at radius 3 is 2.24 bits per heavy atom. The average Bonchev–Trinajstić information content (AvgIpc) is 2.69. The summed E-state index contributed by atoms with van der Waals surface area (Å²) in [5.41, 5.74) is 7.43. The number of carbonyl (C=O) groups excluding carboxylic acids is 3. The highest BCUT2D eigenvalue weighted by molar-refractivity contribution is 6.30. The topological polar surface area (TPSA) is 96.5 Å². The van der Waals surface area contributed by atoms with Crippen LogP contribution >= 0.6 is 11.6 Å². The predicted molar refractivity (Wildman–Crippen MR) is 112 cm³/mol. The van der Waals surface area contributed by atoms with E-state index in [1.54, 1.807) is 31.2 Å². The van der Waals surface area contributed by atoms with Gasteiger partial charge in [0.1, 0.15) is 5.75 Å². The first kappa shape index (κ1) is 22.2. The van der Waals surface area contributed by atoms with Gasteiger partial charge in [0.25, 0.3) is 5.91 Å². The molecule has 0 bridgehead atoms. The van der Waals surface area contributed by atoms with Crippen LogP contribution < -0.4 is 20.9 Å².